The number of nitrogens with zero attached hydrogens (tertiary/aromatic N) is 3. The average molecular weight is 288 g/mol. The molecular formula is C17H28N4. The van der Waals surface area contributed by atoms with E-state index in [0.717, 1.165) is 32.1 Å². The lowest BCUT2D eigenvalue weighted by Gasteiger charge is -2.27. The molecule has 2 fully saturated rings. The quantitative estimate of drug-likeness (QED) is 0.919. The fourth-order valence-corrected chi connectivity index (χ4v) is 3.80. The van der Waals surface area contributed by atoms with Crippen LogP contribution in [-0.2, 0) is 13.0 Å². The molecule has 0 saturated carbocycles. The highest BCUT2D eigenvalue weighted by Crippen LogP contribution is 2.30. The molecule has 2 aliphatic heterocycles. The lowest BCUT2D eigenvalue weighted by Crippen LogP contribution is -2.37. The van der Waals surface area contributed by atoms with E-state index in [9.17, 15) is 0 Å². The number of hydrogen-bond donors (Lipinski definition) is 1. The molecule has 1 aromatic heterocycles. The van der Waals surface area contributed by atoms with Gasteiger partial charge in [-0.25, -0.2) is 4.98 Å². The number of hydrogen-bond acceptors (Lipinski definition) is 4. The van der Waals surface area contributed by atoms with Crippen molar-refractivity contribution in [3.05, 3.63) is 23.4 Å². The van der Waals surface area contributed by atoms with Crippen LogP contribution >= 0.6 is 0 Å². The summed E-state index contributed by atoms with van der Waals surface area (Å²) in [4.78, 5) is 10.00. The Morgan fingerprint density at radius 2 is 2.05 bits per heavy atom. The van der Waals surface area contributed by atoms with Crippen LogP contribution in [0.1, 0.15) is 37.4 Å². The van der Waals surface area contributed by atoms with Crippen LogP contribution in [0.15, 0.2) is 12.1 Å². The molecule has 2 unspecified atom stereocenters. The molecule has 2 aliphatic rings. The Balaban J connectivity index is 1.83. The first kappa shape index (κ1) is 14.8. The zero-order chi connectivity index (χ0) is 14.8. The van der Waals surface area contributed by atoms with Crippen molar-refractivity contribution in [3.63, 3.8) is 0 Å². The van der Waals surface area contributed by atoms with E-state index in [4.69, 9.17) is 4.98 Å². The van der Waals surface area contributed by atoms with Crippen LogP contribution < -0.4 is 10.2 Å². The lowest BCUT2D eigenvalue weighted by atomic mass is 10.1. The topological polar surface area (TPSA) is 31.4 Å². The molecule has 1 aromatic rings. The van der Waals surface area contributed by atoms with Gasteiger partial charge in [0.25, 0.3) is 0 Å². The summed E-state index contributed by atoms with van der Waals surface area (Å²) in [6.07, 6.45) is 4.99. The van der Waals surface area contributed by atoms with Gasteiger partial charge >= 0.3 is 0 Å². The number of rotatable bonds is 4. The molecule has 0 aromatic carbocycles. The normalized spacial score (nSPS) is 26.1. The van der Waals surface area contributed by atoms with Crippen molar-refractivity contribution in [2.45, 2.75) is 51.2 Å². The number of fused-ring (bicyclic) bond motifs is 2. The summed E-state index contributed by atoms with van der Waals surface area (Å²) in [6.45, 7) is 5.38. The monoisotopic (exact) mass is 288 g/mol. The first-order valence-electron chi connectivity index (χ1n) is 8.32. The summed E-state index contributed by atoms with van der Waals surface area (Å²) >= 11 is 0. The Bertz CT molecular complexity index is 488. The van der Waals surface area contributed by atoms with E-state index in [-0.39, 0.29) is 0 Å². The van der Waals surface area contributed by atoms with Crippen LogP contribution in [0.4, 0.5) is 5.82 Å². The molecule has 3 rings (SSSR count). The fourth-order valence-electron chi connectivity index (χ4n) is 3.80. The van der Waals surface area contributed by atoms with Gasteiger partial charge in [0.05, 0.1) is 0 Å². The molecule has 0 radical (unpaired) electrons. The molecular weight excluding hydrogens is 260 g/mol. The number of pyridine rings is 1. The summed E-state index contributed by atoms with van der Waals surface area (Å²) in [6, 6.07) is 5.99. The zero-order valence-electron chi connectivity index (χ0n) is 13.6. The first-order chi connectivity index (χ1) is 10.2. The molecule has 2 bridgehead atoms. The van der Waals surface area contributed by atoms with Gasteiger partial charge in [-0.05, 0) is 57.5 Å². The van der Waals surface area contributed by atoms with Gasteiger partial charge in [-0.3, -0.25) is 4.90 Å². The Hall–Kier alpha value is -1.13. The van der Waals surface area contributed by atoms with Gasteiger partial charge in [0, 0.05) is 37.4 Å². The molecule has 4 nitrogen and oxygen atoms in total. The number of likely N-dealkylation sites (N-methyl/N-ethyl adjacent to an activating group) is 1. The van der Waals surface area contributed by atoms with Crippen molar-refractivity contribution >= 4 is 5.82 Å². The Labute approximate surface area is 128 Å². The third kappa shape index (κ3) is 3.06. The van der Waals surface area contributed by atoms with Crippen molar-refractivity contribution in [1.82, 2.24) is 15.2 Å². The van der Waals surface area contributed by atoms with E-state index in [0.29, 0.717) is 6.04 Å². The highest BCUT2D eigenvalue weighted by Gasteiger charge is 2.34. The van der Waals surface area contributed by atoms with Gasteiger partial charge in [-0.1, -0.05) is 6.92 Å². The Morgan fingerprint density at radius 3 is 2.81 bits per heavy atom. The third-order valence-corrected chi connectivity index (χ3v) is 5.14. The lowest BCUT2D eigenvalue weighted by molar-refractivity contribution is 0.254. The average Bonchev–Trinajstić information content (AvgIpc) is 2.72. The molecule has 2 atom stereocenters. The number of nitrogens with one attached hydrogen (secondary N) is 1. The van der Waals surface area contributed by atoms with Crippen LogP contribution in [0.2, 0.25) is 0 Å². The van der Waals surface area contributed by atoms with Crippen LogP contribution in [0.3, 0.4) is 0 Å². The molecule has 2 saturated heterocycles. The van der Waals surface area contributed by atoms with Crippen molar-refractivity contribution in [2.24, 2.45) is 0 Å². The molecule has 21 heavy (non-hydrogen) atoms. The predicted octanol–water partition coefficient (Wildman–Crippen LogP) is 2.04. The molecule has 0 aliphatic carbocycles. The minimum Gasteiger partial charge on any atom is -0.355 e. The number of anilines is 1. The van der Waals surface area contributed by atoms with Crippen LogP contribution in [0.25, 0.3) is 0 Å². The van der Waals surface area contributed by atoms with Gasteiger partial charge in [0.15, 0.2) is 0 Å². The van der Waals surface area contributed by atoms with Gasteiger partial charge in [-0.15, -0.1) is 0 Å². The molecule has 1 N–H and O–H groups in total. The highest BCUT2D eigenvalue weighted by molar-refractivity contribution is 5.43. The minimum atomic E-state index is 0.706. The van der Waals surface area contributed by atoms with E-state index in [1.54, 1.807) is 0 Å². The Kier molecular flexibility index (Phi) is 4.45. The van der Waals surface area contributed by atoms with Gasteiger partial charge < -0.3 is 10.2 Å². The second-order valence-electron chi connectivity index (χ2n) is 6.49. The highest BCUT2D eigenvalue weighted by atomic mass is 15.3. The van der Waals surface area contributed by atoms with E-state index >= 15 is 0 Å². The second kappa shape index (κ2) is 6.32. The first-order valence-corrected chi connectivity index (χ1v) is 8.32. The van der Waals surface area contributed by atoms with Gasteiger partial charge in [-0.2, -0.15) is 0 Å². The summed E-state index contributed by atoms with van der Waals surface area (Å²) in [5, 5.41) is 3.26. The number of aromatic nitrogens is 1. The molecule has 116 valence electrons. The third-order valence-electron chi connectivity index (χ3n) is 5.14. The fraction of sp³-hybridized carbons (Fsp3) is 0.706. The maximum atomic E-state index is 4.89. The van der Waals surface area contributed by atoms with Crippen LogP contribution in [0, 0.1) is 0 Å². The maximum Gasteiger partial charge on any atom is 0.129 e. The largest absolute Gasteiger partial charge is 0.355 e. The molecule has 3 heterocycles. The zero-order valence-corrected chi connectivity index (χ0v) is 13.6. The molecule has 4 heteroatoms. The van der Waals surface area contributed by atoms with Crippen molar-refractivity contribution in [3.8, 4) is 0 Å². The molecule has 0 amide bonds. The molecule has 0 spiro atoms. The Morgan fingerprint density at radius 1 is 1.24 bits per heavy atom. The van der Waals surface area contributed by atoms with Crippen molar-refractivity contribution < 1.29 is 0 Å². The van der Waals surface area contributed by atoms with Crippen molar-refractivity contribution in [2.75, 3.05) is 32.1 Å². The van der Waals surface area contributed by atoms with E-state index in [1.165, 1.54) is 36.3 Å². The van der Waals surface area contributed by atoms with Crippen LogP contribution in [0.5, 0.6) is 0 Å². The summed E-state index contributed by atoms with van der Waals surface area (Å²) in [5.41, 5.74) is 2.56. The summed E-state index contributed by atoms with van der Waals surface area (Å²) in [7, 11) is 4.31. The minimum absolute atomic E-state index is 0.706. The smallest absolute Gasteiger partial charge is 0.129 e. The van der Waals surface area contributed by atoms with Crippen molar-refractivity contribution in [1.29, 1.82) is 0 Å². The standard InChI is InChI=1S/C17H28N4/c1-4-14-9-13(11-18-2)10-17(19-14)21-8-7-15-5-6-16(12-21)20(15)3/h9-10,15-16,18H,4-8,11-12H2,1-3H3. The van der Waals surface area contributed by atoms with Crippen LogP contribution in [-0.4, -0.2) is 49.2 Å². The van der Waals surface area contributed by atoms with Gasteiger partial charge in [0.2, 0.25) is 0 Å². The van der Waals surface area contributed by atoms with E-state index in [1.807, 2.05) is 7.05 Å². The van der Waals surface area contributed by atoms with E-state index < -0.39 is 0 Å². The predicted molar refractivity (Wildman–Crippen MR) is 87.8 cm³/mol. The van der Waals surface area contributed by atoms with Gasteiger partial charge in [0.1, 0.15) is 5.82 Å². The second-order valence-corrected chi connectivity index (χ2v) is 6.49. The SMILES string of the molecule is CCc1cc(CNC)cc(N2CCC3CCC(C2)N3C)n1. The number of aryl methyl sites for hydroxylation is 1. The van der Waals surface area contributed by atoms with E-state index in [2.05, 4.69) is 41.2 Å². The maximum absolute atomic E-state index is 4.89. The summed E-state index contributed by atoms with van der Waals surface area (Å²) < 4.78 is 0. The summed E-state index contributed by atoms with van der Waals surface area (Å²) in [5.74, 6) is 1.18.